The van der Waals surface area contributed by atoms with Crippen molar-refractivity contribution in [2.24, 2.45) is 0 Å². The Morgan fingerprint density at radius 1 is 0.722 bits per heavy atom. The van der Waals surface area contributed by atoms with Crippen molar-refractivity contribution in [3.05, 3.63) is 32.0 Å². The van der Waals surface area contributed by atoms with Gasteiger partial charge < -0.3 is 0 Å². The van der Waals surface area contributed by atoms with E-state index in [9.17, 15) is 0 Å². The molecule has 2 heterocycles. The number of thiophene rings is 2. The Balaban J connectivity index is 2.22. The highest BCUT2D eigenvalue weighted by atomic mass is 32.1. The van der Waals surface area contributed by atoms with E-state index in [1.54, 1.807) is 16.0 Å². The highest BCUT2D eigenvalue weighted by Crippen LogP contribution is 2.52. The smallest absolute Gasteiger partial charge is 0.0485 e. The SMILES string of the molecule is Cc1sc(-c2sc(C)c(C)c2C2CC2)c(C)c1C. The summed E-state index contributed by atoms with van der Waals surface area (Å²) in [6.07, 6.45) is 2.79. The van der Waals surface area contributed by atoms with Gasteiger partial charge in [0.05, 0.1) is 0 Å². The molecule has 96 valence electrons. The van der Waals surface area contributed by atoms with Crippen LogP contribution in [0.1, 0.15) is 50.8 Å². The van der Waals surface area contributed by atoms with Crippen molar-refractivity contribution in [3.8, 4) is 9.75 Å². The lowest BCUT2D eigenvalue weighted by Gasteiger charge is -2.03. The van der Waals surface area contributed by atoms with E-state index in [-0.39, 0.29) is 0 Å². The molecule has 0 aromatic carbocycles. The van der Waals surface area contributed by atoms with Crippen molar-refractivity contribution in [1.29, 1.82) is 0 Å². The maximum atomic E-state index is 2.31. The molecule has 3 rings (SSSR count). The van der Waals surface area contributed by atoms with Crippen LogP contribution in [-0.2, 0) is 0 Å². The molecule has 0 N–H and O–H groups in total. The van der Waals surface area contributed by atoms with E-state index < -0.39 is 0 Å². The van der Waals surface area contributed by atoms with E-state index in [1.807, 2.05) is 22.7 Å². The van der Waals surface area contributed by atoms with Crippen molar-refractivity contribution in [2.45, 2.75) is 53.4 Å². The maximum absolute atomic E-state index is 2.31. The molecule has 1 aliphatic rings. The molecule has 0 spiro atoms. The molecule has 18 heavy (non-hydrogen) atoms. The lowest BCUT2D eigenvalue weighted by molar-refractivity contribution is 1.11. The Hall–Kier alpha value is -0.600. The number of hydrogen-bond acceptors (Lipinski definition) is 2. The summed E-state index contributed by atoms with van der Waals surface area (Å²) in [6.45, 7) is 11.4. The molecule has 0 radical (unpaired) electrons. The summed E-state index contributed by atoms with van der Waals surface area (Å²) in [5.74, 6) is 0.854. The van der Waals surface area contributed by atoms with Crippen LogP contribution in [0.5, 0.6) is 0 Å². The minimum Gasteiger partial charge on any atom is -0.139 e. The second-order valence-corrected chi connectivity index (χ2v) is 7.99. The first-order valence-electron chi connectivity index (χ1n) is 6.67. The van der Waals surface area contributed by atoms with Crippen LogP contribution in [0, 0.1) is 34.6 Å². The fourth-order valence-corrected chi connectivity index (χ4v) is 5.25. The summed E-state index contributed by atoms with van der Waals surface area (Å²) in [5, 5.41) is 0. The van der Waals surface area contributed by atoms with Gasteiger partial charge in [0, 0.05) is 19.5 Å². The summed E-state index contributed by atoms with van der Waals surface area (Å²) >= 11 is 3.99. The van der Waals surface area contributed by atoms with Gasteiger partial charge in [0.25, 0.3) is 0 Å². The standard InChI is InChI=1S/C16H20S2/c1-8-9(2)15(17-11(8)4)16-14(13-6-7-13)10(3)12(5)18-16/h13H,6-7H2,1-5H3. The molecule has 0 saturated heterocycles. The topological polar surface area (TPSA) is 0 Å². The van der Waals surface area contributed by atoms with Crippen LogP contribution in [0.4, 0.5) is 0 Å². The summed E-state index contributed by atoms with van der Waals surface area (Å²) in [5.41, 5.74) is 6.21. The summed E-state index contributed by atoms with van der Waals surface area (Å²) in [7, 11) is 0. The molecular formula is C16H20S2. The lowest BCUT2D eigenvalue weighted by atomic mass is 10.0. The molecule has 0 unspecified atom stereocenters. The van der Waals surface area contributed by atoms with E-state index in [2.05, 4.69) is 34.6 Å². The van der Waals surface area contributed by atoms with Crippen molar-refractivity contribution >= 4 is 22.7 Å². The van der Waals surface area contributed by atoms with Gasteiger partial charge in [0.1, 0.15) is 0 Å². The van der Waals surface area contributed by atoms with E-state index in [0.29, 0.717) is 0 Å². The predicted octanol–water partition coefficient (Wildman–Crippen LogP) is 5.90. The van der Waals surface area contributed by atoms with E-state index in [4.69, 9.17) is 0 Å². The lowest BCUT2D eigenvalue weighted by Crippen LogP contribution is -1.84. The molecule has 1 aliphatic carbocycles. The second kappa shape index (κ2) is 4.21. The zero-order chi connectivity index (χ0) is 13.0. The Kier molecular flexibility index (Phi) is 2.91. The zero-order valence-corrected chi connectivity index (χ0v) is 13.4. The van der Waals surface area contributed by atoms with Crippen LogP contribution in [0.2, 0.25) is 0 Å². The second-order valence-electron chi connectivity index (χ2n) is 5.54. The average Bonchev–Trinajstić information content (AvgIpc) is 3.08. The number of rotatable bonds is 2. The van der Waals surface area contributed by atoms with E-state index in [0.717, 1.165) is 5.92 Å². The Bertz CT molecular complexity index is 610. The highest BCUT2D eigenvalue weighted by molar-refractivity contribution is 7.22. The van der Waals surface area contributed by atoms with Gasteiger partial charge in [-0.1, -0.05) is 0 Å². The average molecular weight is 276 g/mol. The quantitative estimate of drug-likeness (QED) is 0.641. The molecule has 0 nitrogen and oxygen atoms in total. The Labute approximate surface area is 118 Å². The van der Waals surface area contributed by atoms with Gasteiger partial charge in [0.15, 0.2) is 0 Å². The first-order chi connectivity index (χ1) is 8.50. The molecule has 0 atom stereocenters. The first kappa shape index (κ1) is 12.4. The normalized spacial score (nSPS) is 15.4. The minimum atomic E-state index is 0.854. The van der Waals surface area contributed by atoms with Crippen molar-refractivity contribution in [3.63, 3.8) is 0 Å². The monoisotopic (exact) mass is 276 g/mol. The highest BCUT2D eigenvalue weighted by Gasteiger charge is 2.31. The zero-order valence-electron chi connectivity index (χ0n) is 11.8. The Morgan fingerprint density at radius 2 is 1.28 bits per heavy atom. The fraction of sp³-hybridized carbons (Fsp3) is 0.500. The molecule has 2 aromatic heterocycles. The first-order valence-corrected chi connectivity index (χ1v) is 8.30. The predicted molar refractivity (Wildman–Crippen MR) is 83.3 cm³/mol. The third-order valence-electron chi connectivity index (χ3n) is 4.31. The van der Waals surface area contributed by atoms with Gasteiger partial charge in [0.2, 0.25) is 0 Å². The van der Waals surface area contributed by atoms with Crippen LogP contribution in [0.3, 0.4) is 0 Å². The van der Waals surface area contributed by atoms with Crippen LogP contribution in [0.25, 0.3) is 9.75 Å². The molecule has 0 amide bonds. The van der Waals surface area contributed by atoms with Crippen LogP contribution in [0.15, 0.2) is 0 Å². The van der Waals surface area contributed by atoms with Crippen molar-refractivity contribution in [2.75, 3.05) is 0 Å². The largest absolute Gasteiger partial charge is 0.139 e. The molecular weight excluding hydrogens is 256 g/mol. The number of hydrogen-bond donors (Lipinski definition) is 0. The summed E-state index contributed by atoms with van der Waals surface area (Å²) in [4.78, 5) is 6.10. The van der Waals surface area contributed by atoms with Crippen molar-refractivity contribution in [1.82, 2.24) is 0 Å². The van der Waals surface area contributed by atoms with Crippen LogP contribution in [-0.4, -0.2) is 0 Å². The Morgan fingerprint density at radius 3 is 1.78 bits per heavy atom. The van der Waals surface area contributed by atoms with E-state index in [1.165, 1.54) is 38.6 Å². The number of aryl methyl sites for hydroxylation is 2. The van der Waals surface area contributed by atoms with Gasteiger partial charge in [-0.15, -0.1) is 22.7 Å². The molecule has 1 fully saturated rings. The molecule has 0 aliphatic heterocycles. The molecule has 2 heteroatoms. The molecule has 1 saturated carbocycles. The minimum absolute atomic E-state index is 0.854. The fourth-order valence-electron chi connectivity index (χ4n) is 2.63. The van der Waals surface area contributed by atoms with Gasteiger partial charge in [-0.05, 0) is 75.6 Å². The summed E-state index contributed by atoms with van der Waals surface area (Å²) < 4.78 is 0. The van der Waals surface area contributed by atoms with Crippen molar-refractivity contribution < 1.29 is 0 Å². The third-order valence-corrected chi connectivity index (χ3v) is 7.01. The maximum Gasteiger partial charge on any atom is 0.0485 e. The van der Waals surface area contributed by atoms with Gasteiger partial charge in [-0.3, -0.25) is 0 Å². The van der Waals surface area contributed by atoms with Gasteiger partial charge in [-0.25, -0.2) is 0 Å². The molecule has 2 aromatic rings. The third kappa shape index (κ3) is 1.78. The van der Waals surface area contributed by atoms with Gasteiger partial charge in [-0.2, -0.15) is 0 Å². The van der Waals surface area contributed by atoms with Crippen LogP contribution < -0.4 is 0 Å². The molecule has 0 bridgehead atoms. The van der Waals surface area contributed by atoms with Crippen LogP contribution >= 0.6 is 22.7 Å². The van der Waals surface area contributed by atoms with Gasteiger partial charge >= 0.3 is 0 Å². The van der Waals surface area contributed by atoms with E-state index >= 15 is 0 Å². The summed E-state index contributed by atoms with van der Waals surface area (Å²) in [6, 6.07) is 0.